The summed E-state index contributed by atoms with van der Waals surface area (Å²) in [6.07, 6.45) is -8.72. The number of nitrogens with zero attached hydrogens (tertiary/aromatic N) is 2. The molecule has 0 saturated heterocycles. The molecule has 0 radical (unpaired) electrons. The Balaban J connectivity index is 2.46. The van der Waals surface area contributed by atoms with Crippen LogP contribution in [0.2, 0.25) is 0 Å². The molecule has 0 fully saturated rings. The van der Waals surface area contributed by atoms with Gasteiger partial charge >= 0.3 is 12.4 Å². The number of nitriles is 1. The van der Waals surface area contributed by atoms with E-state index in [2.05, 4.69) is 4.99 Å². The number of dihydropyridines is 1. The summed E-state index contributed by atoms with van der Waals surface area (Å²) in [6, 6.07) is 4.90. The van der Waals surface area contributed by atoms with E-state index in [0.29, 0.717) is 6.08 Å². The van der Waals surface area contributed by atoms with Gasteiger partial charge in [0.25, 0.3) is 0 Å². The molecule has 23 heavy (non-hydrogen) atoms. The number of hydrogen-bond donors (Lipinski definition) is 0. The van der Waals surface area contributed by atoms with E-state index in [-0.39, 0.29) is 11.3 Å². The molecule has 0 saturated carbocycles. The SMILES string of the molecule is N#CC1C(=S)N=C(c2ccc(C(F)(F)F)cc2)C=C1C(F)(F)F. The van der Waals surface area contributed by atoms with Gasteiger partial charge in [0.2, 0.25) is 0 Å². The van der Waals surface area contributed by atoms with Crippen molar-refractivity contribution in [2.45, 2.75) is 12.4 Å². The van der Waals surface area contributed by atoms with Crippen LogP contribution >= 0.6 is 12.2 Å². The highest BCUT2D eigenvalue weighted by molar-refractivity contribution is 7.80. The minimum atomic E-state index is -4.79. The highest BCUT2D eigenvalue weighted by atomic mass is 32.1. The van der Waals surface area contributed by atoms with Crippen LogP contribution in [0.25, 0.3) is 0 Å². The molecule has 0 aromatic heterocycles. The molecule has 0 N–H and O–H groups in total. The van der Waals surface area contributed by atoms with Crippen LogP contribution in [0.1, 0.15) is 11.1 Å². The van der Waals surface area contributed by atoms with Crippen molar-refractivity contribution in [1.29, 1.82) is 5.26 Å². The number of hydrogen-bond acceptors (Lipinski definition) is 2. The summed E-state index contributed by atoms with van der Waals surface area (Å²) in [5, 5.41) is 8.81. The highest BCUT2D eigenvalue weighted by Crippen LogP contribution is 2.35. The smallest absolute Gasteiger partial charge is 0.239 e. The number of alkyl halides is 6. The van der Waals surface area contributed by atoms with Crippen LogP contribution in [-0.2, 0) is 6.18 Å². The highest BCUT2D eigenvalue weighted by Gasteiger charge is 2.42. The standard InChI is InChI=1S/C14H6F6N2S/c15-13(16,17)8-3-1-7(2-4-8)11-5-10(14(18,19)20)9(6-21)12(23)22-11/h1-5,9H. The summed E-state index contributed by atoms with van der Waals surface area (Å²) in [4.78, 5) is 3.25. The van der Waals surface area contributed by atoms with E-state index in [1.54, 1.807) is 0 Å². The normalized spacial score (nSPS) is 19.0. The fraction of sp³-hybridized carbons (Fsp3) is 0.214. The molecule has 1 aliphatic heterocycles. The Morgan fingerprint density at radius 3 is 2.00 bits per heavy atom. The summed E-state index contributed by atoms with van der Waals surface area (Å²) in [6.45, 7) is 0. The van der Waals surface area contributed by atoms with Gasteiger partial charge < -0.3 is 0 Å². The van der Waals surface area contributed by atoms with Crippen LogP contribution in [-0.4, -0.2) is 16.9 Å². The lowest BCUT2D eigenvalue weighted by atomic mass is 9.93. The fourth-order valence-corrected chi connectivity index (χ4v) is 2.21. The van der Waals surface area contributed by atoms with Gasteiger partial charge in [0.15, 0.2) is 0 Å². The molecule has 2 rings (SSSR count). The zero-order chi connectivity index (χ0) is 17.4. The van der Waals surface area contributed by atoms with Crippen molar-refractivity contribution >= 4 is 22.9 Å². The topological polar surface area (TPSA) is 36.1 Å². The Kier molecular flexibility index (Phi) is 4.30. The van der Waals surface area contributed by atoms with Gasteiger partial charge in [-0.2, -0.15) is 31.6 Å². The molecule has 2 nitrogen and oxygen atoms in total. The van der Waals surface area contributed by atoms with E-state index in [4.69, 9.17) is 17.5 Å². The first kappa shape index (κ1) is 17.1. The van der Waals surface area contributed by atoms with Crippen LogP contribution in [0.5, 0.6) is 0 Å². The van der Waals surface area contributed by atoms with Crippen LogP contribution in [0, 0.1) is 17.2 Å². The van der Waals surface area contributed by atoms with Gasteiger partial charge in [-0.3, -0.25) is 0 Å². The lowest BCUT2D eigenvalue weighted by Crippen LogP contribution is -2.28. The maximum absolute atomic E-state index is 13.0. The largest absolute Gasteiger partial charge is 0.416 e. The molecule has 0 bridgehead atoms. The predicted molar refractivity (Wildman–Crippen MR) is 73.8 cm³/mol. The maximum Gasteiger partial charge on any atom is 0.416 e. The quantitative estimate of drug-likeness (QED) is 0.555. The van der Waals surface area contributed by atoms with Gasteiger partial charge in [0.05, 0.1) is 22.9 Å². The Bertz CT molecular complexity index is 735. The molecular weight excluding hydrogens is 342 g/mol. The minimum absolute atomic E-state index is 0.0403. The first-order valence-electron chi connectivity index (χ1n) is 6.02. The number of benzene rings is 1. The second kappa shape index (κ2) is 5.77. The van der Waals surface area contributed by atoms with Crippen molar-refractivity contribution < 1.29 is 26.3 Å². The van der Waals surface area contributed by atoms with Crippen molar-refractivity contribution in [3.05, 3.63) is 47.0 Å². The van der Waals surface area contributed by atoms with Gasteiger partial charge in [-0.05, 0) is 18.2 Å². The average Bonchev–Trinajstić information content (AvgIpc) is 2.44. The molecule has 1 heterocycles. The molecule has 1 aromatic carbocycles. The van der Waals surface area contributed by atoms with Gasteiger partial charge in [0, 0.05) is 5.56 Å². The van der Waals surface area contributed by atoms with Crippen LogP contribution < -0.4 is 0 Å². The van der Waals surface area contributed by atoms with Crippen LogP contribution in [0.4, 0.5) is 26.3 Å². The lowest BCUT2D eigenvalue weighted by Gasteiger charge is -2.21. The molecule has 0 amide bonds. The molecule has 0 aliphatic carbocycles. The lowest BCUT2D eigenvalue weighted by molar-refractivity contribution is -0.137. The van der Waals surface area contributed by atoms with Crippen molar-refractivity contribution in [1.82, 2.24) is 0 Å². The van der Waals surface area contributed by atoms with Gasteiger partial charge in [-0.25, -0.2) is 4.99 Å². The third kappa shape index (κ3) is 3.59. The third-order valence-corrected chi connectivity index (χ3v) is 3.37. The van der Waals surface area contributed by atoms with Crippen molar-refractivity contribution in [3.8, 4) is 6.07 Å². The summed E-state index contributed by atoms with van der Waals surface area (Å²) in [5.41, 5.74) is -2.31. The van der Waals surface area contributed by atoms with Gasteiger partial charge in [-0.1, -0.05) is 24.4 Å². The molecule has 1 aliphatic rings. The van der Waals surface area contributed by atoms with E-state index in [0.717, 1.165) is 24.3 Å². The fourth-order valence-electron chi connectivity index (χ4n) is 1.93. The number of halogens is 6. The van der Waals surface area contributed by atoms with E-state index >= 15 is 0 Å². The molecule has 9 heteroatoms. The molecular formula is C14H6F6N2S. The molecule has 1 atom stereocenters. The second-order valence-electron chi connectivity index (χ2n) is 4.57. The third-order valence-electron chi connectivity index (χ3n) is 3.05. The second-order valence-corrected chi connectivity index (χ2v) is 4.99. The summed E-state index contributed by atoms with van der Waals surface area (Å²) in [5.74, 6) is -1.71. The van der Waals surface area contributed by atoms with E-state index in [1.807, 2.05) is 0 Å². The predicted octanol–water partition coefficient (Wildman–Crippen LogP) is 4.46. The number of rotatable bonds is 1. The molecule has 1 aromatic rings. The first-order valence-corrected chi connectivity index (χ1v) is 6.43. The zero-order valence-electron chi connectivity index (χ0n) is 11.0. The van der Waals surface area contributed by atoms with E-state index in [9.17, 15) is 26.3 Å². The Morgan fingerprint density at radius 1 is 1.00 bits per heavy atom. The number of aliphatic imine (C=N–C) groups is 1. The van der Waals surface area contributed by atoms with Crippen molar-refractivity contribution in [2.24, 2.45) is 10.9 Å². The van der Waals surface area contributed by atoms with Crippen LogP contribution in [0.3, 0.4) is 0 Å². The number of allylic oxidation sites excluding steroid dienone is 1. The van der Waals surface area contributed by atoms with Gasteiger partial charge in [0.1, 0.15) is 10.9 Å². The van der Waals surface area contributed by atoms with Gasteiger partial charge in [-0.15, -0.1) is 0 Å². The Labute approximate surface area is 131 Å². The summed E-state index contributed by atoms with van der Waals surface area (Å²) < 4.78 is 76.4. The summed E-state index contributed by atoms with van der Waals surface area (Å²) in [7, 11) is 0. The zero-order valence-corrected chi connectivity index (χ0v) is 11.9. The minimum Gasteiger partial charge on any atom is -0.239 e. The van der Waals surface area contributed by atoms with Crippen molar-refractivity contribution in [3.63, 3.8) is 0 Å². The first-order chi connectivity index (χ1) is 10.5. The average molecular weight is 348 g/mol. The van der Waals surface area contributed by atoms with E-state index < -0.39 is 34.4 Å². The maximum atomic E-state index is 13.0. The van der Waals surface area contributed by atoms with E-state index in [1.165, 1.54) is 6.07 Å². The summed E-state index contributed by atoms with van der Waals surface area (Å²) >= 11 is 4.70. The monoisotopic (exact) mass is 348 g/mol. The molecule has 0 spiro atoms. The van der Waals surface area contributed by atoms with Crippen LogP contribution in [0.15, 0.2) is 40.9 Å². The molecule has 120 valence electrons. The Hall–Kier alpha value is -2.21. The Morgan fingerprint density at radius 2 is 1.57 bits per heavy atom. The number of thiocarbonyl (C=S) groups is 1. The molecule has 1 unspecified atom stereocenters. The van der Waals surface area contributed by atoms with Crippen molar-refractivity contribution in [2.75, 3.05) is 0 Å².